The van der Waals surface area contributed by atoms with Gasteiger partial charge in [0.2, 0.25) is 0 Å². The highest BCUT2D eigenvalue weighted by Crippen LogP contribution is 2.24. The number of aryl methyl sites for hydroxylation is 2. The van der Waals surface area contributed by atoms with Gasteiger partial charge in [0.25, 0.3) is 12.4 Å². The number of likely N-dealkylation sites (tertiary alicyclic amines) is 1. The lowest BCUT2D eigenvalue weighted by molar-refractivity contribution is -0.122. The molecule has 0 radical (unpaired) electrons. The zero-order valence-electron chi connectivity index (χ0n) is 13.6. The molecule has 1 aromatic rings. The van der Waals surface area contributed by atoms with Crippen LogP contribution in [-0.2, 0) is 17.6 Å². The van der Waals surface area contributed by atoms with Crippen molar-refractivity contribution in [3.8, 4) is 0 Å². The molecule has 1 saturated heterocycles. The van der Waals surface area contributed by atoms with Gasteiger partial charge in [-0.3, -0.25) is 9.59 Å². The Morgan fingerprint density at radius 3 is 2.52 bits per heavy atom. The number of nitrogens with zero attached hydrogens (tertiary/aromatic N) is 2. The number of hydrogen-bond donors (Lipinski definition) is 2. The third-order valence-electron chi connectivity index (χ3n) is 4.55. The summed E-state index contributed by atoms with van der Waals surface area (Å²) in [6.07, 6.45) is 2.95. The first-order chi connectivity index (χ1) is 11.0. The summed E-state index contributed by atoms with van der Waals surface area (Å²) in [5, 5.41) is 16.9. The molecule has 1 aliphatic carbocycles. The number of amides is 1. The topological polar surface area (TPSA) is 81.1 Å². The predicted octanol–water partition coefficient (Wildman–Crippen LogP) is 0.623. The highest BCUT2D eigenvalue weighted by Gasteiger charge is 2.35. The first-order valence-electron chi connectivity index (χ1n) is 7.81. The van der Waals surface area contributed by atoms with Crippen molar-refractivity contribution in [1.29, 1.82) is 0 Å². The van der Waals surface area contributed by atoms with Crippen molar-refractivity contribution in [3.63, 3.8) is 0 Å². The summed E-state index contributed by atoms with van der Waals surface area (Å²) in [6.45, 7) is 0.781. The molecule has 2 atom stereocenters. The van der Waals surface area contributed by atoms with Crippen LogP contribution in [0.5, 0.6) is 0 Å². The summed E-state index contributed by atoms with van der Waals surface area (Å²) in [4.78, 5) is 24.7. The Hall–Kier alpha value is -1.92. The molecule has 0 saturated carbocycles. The van der Waals surface area contributed by atoms with Gasteiger partial charge in [0.15, 0.2) is 0 Å². The van der Waals surface area contributed by atoms with Crippen LogP contribution in [0.4, 0.5) is 0 Å². The van der Waals surface area contributed by atoms with E-state index in [9.17, 15) is 9.90 Å². The molecular formula is C17H24N2O4. The Balaban J connectivity index is 0.000000595. The van der Waals surface area contributed by atoms with Crippen LogP contribution >= 0.6 is 0 Å². The molecule has 0 bridgehead atoms. The van der Waals surface area contributed by atoms with E-state index in [1.165, 1.54) is 17.5 Å². The van der Waals surface area contributed by atoms with Crippen molar-refractivity contribution in [2.24, 2.45) is 0 Å². The standard InChI is InChI=1S/C16H22N2O2.CH2O2/c1-17(2)14-9-18(10-15(14)19)16(20)13-7-6-11-4-3-5-12(11)8-13;2-1-3/h6-8,14-15,19H,3-5,9-10H2,1-2H3;1H,(H,2,3)/t14-,15-;/m1./s1. The van der Waals surface area contributed by atoms with E-state index >= 15 is 0 Å². The number of β-amino-alcohol motifs (C(OH)–C–C–N with tert-alkyl or cyclic N) is 1. The molecule has 2 N–H and O–H groups in total. The molecule has 2 aliphatic rings. The molecule has 0 aromatic heterocycles. The predicted molar refractivity (Wildman–Crippen MR) is 86.5 cm³/mol. The number of rotatable bonds is 2. The van der Waals surface area contributed by atoms with Crippen LogP contribution in [0.25, 0.3) is 0 Å². The highest BCUT2D eigenvalue weighted by molar-refractivity contribution is 5.94. The van der Waals surface area contributed by atoms with E-state index in [0.717, 1.165) is 18.4 Å². The van der Waals surface area contributed by atoms with Crippen LogP contribution in [0.1, 0.15) is 27.9 Å². The van der Waals surface area contributed by atoms with Crippen LogP contribution in [0.3, 0.4) is 0 Å². The van der Waals surface area contributed by atoms with E-state index in [-0.39, 0.29) is 18.4 Å². The molecule has 23 heavy (non-hydrogen) atoms. The first kappa shape index (κ1) is 17.4. The van der Waals surface area contributed by atoms with Gasteiger partial charge < -0.3 is 20.0 Å². The van der Waals surface area contributed by atoms with Crippen LogP contribution in [-0.4, -0.2) is 71.7 Å². The lowest BCUT2D eigenvalue weighted by Crippen LogP contribution is -2.38. The largest absolute Gasteiger partial charge is 0.483 e. The maximum atomic E-state index is 12.6. The third kappa shape index (κ3) is 3.89. The van der Waals surface area contributed by atoms with Crippen molar-refractivity contribution in [2.45, 2.75) is 31.4 Å². The second-order valence-electron chi connectivity index (χ2n) is 6.25. The van der Waals surface area contributed by atoms with Gasteiger partial charge >= 0.3 is 0 Å². The van der Waals surface area contributed by atoms with Crippen molar-refractivity contribution >= 4 is 12.4 Å². The summed E-state index contributed by atoms with van der Waals surface area (Å²) in [6, 6.07) is 6.10. The summed E-state index contributed by atoms with van der Waals surface area (Å²) in [7, 11) is 3.88. The second-order valence-corrected chi connectivity index (χ2v) is 6.25. The van der Waals surface area contributed by atoms with Gasteiger partial charge in [0.05, 0.1) is 12.1 Å². The molecule has 1 fully saturated rings. The SMILES string of the molecule is CN(C)[C@@H]1CN(C(=O)c2ccc3c(c2)CCC3)C[C@H]1O.O=CO. The minimum atomic E-state index is -0.455. The Labute approximate surface area is 136 Å². The number of aliphatic hydroxyl groups is 1. The molecule has 6 heteroatoms. The molecule has 1 heterocycles. The molecule has 3 rings (SSSR count). The smallest absolute Gasteiger partial charge is 0.290 e. The average molecular weight is 320 g/mol. The summed E-state index contributed by atoms with van der Waals surface area (Å²) < 4.78 is 0. The van der Waals surface area contributed by atoms with E-state index in [2.05, 4.69) is 6.07 Å². The molecular weight excluding hydrogens is 296 g/mol. The fourth-order valence-corrected chi connectivity index (χ4v) is 3.33. The summed E-state index contributed by atoms with van der Waals surface area (Å²) in [5.41, 5.74) is 3.46. The maximum Gasteiger partial charge on any atom is 0.290 e. The molecule has 1 aromatic carbocycles. The number of aliphatic hydroxyl groups excluding tert-OH is 1. The molecule has 1 amide bonds. The number of carboxylic acid groups (broad SMARTS) is 1. The Morgan fingerprint density at radius 1 is 1.26 bits per heavy atom. The minimum absolute atomic E-state index is 0.0355. The van der Waals surface area contributed by atoms with Gasteiger partial charge in [-0.15, -0.1) is 0 Å². The van der Waals surface area contributed by atoms with Crippen LogP contribution in [0.2, 0.25) is 0 Å². The fourth-order valence-electron chi connectivity index (χ4n) is 3.33. The third-order valence-corrected chi connectivity index (χ3v) is 4.55. The zero-order valence-corrected chi connectivity index (χ0v) is 13.6. The lowest BCUT2D eigenvalue weighted by atomic mass is 10.1. The van der Waals surface area contributed by atoms with Gasteiger partial charge in [0, 0.05) is 18.7 Å². The molecule has 0 unspecified atom stereocenters. The van der Waals surface area contributed by atoms with Gasteiger partial charge in [-0.1, -0.05) is 6.07 Å². The molecule has 6 nitrogen and oxygen atoms in total. The van der Waals surface area contributed by atoms with Gasteiger partial charge in [-0.25, -0.2) is 0 Å². The number of fused-ring (bicyclic) bond motifs is 1. The first-order valence-corrected chi connectivity index (χ1v) is 7.81. The zero-order chi connectivity index (χ0) is 17.0. The lowest BCUT2D eigenvalue weighted by Gasteiger charge is -2.21. The number of benzene rings is 1. The van der Waals surface area contributed by atoms with E-state index < -0.39 is 6.10 Å². The molecule has 126 valence electrons. The van der Waals surface area contributed by atoms with E-state index in [1.807, 2.05) is 31.1 Å². The maximum absolute atomic E-state index is 12.6. The van der Waals surface area contributed by atoms with Crippen molar-refractivity contribution in [3.05, 3.63) is 34.9 Å². The highest BCUT2D eigenvalue weighted by atomic mass is 16.3. The van der Waals surface area contributed by atoms with E-state index in [4.69, 9.17) is 9.90 Å². The van der Waals surface area contributed by atoms with Crippen molar-refractivity contribution < 1.29 is 19.8 Å². The monoisotopic (exact) mass is 320 g/mol. The van der Waals surface area contributed by atoms with Gasteiger partial charge in [-0.05, 0) is 56.6 Å². The van der Waals surface area contributed by atoms with Gasteiger partial charge in [0.1, 0.15) is 0 Å². The number of carbonyl (C=O) groups is 2. The normalized spacial score (nSPS) is 22.5. The average Bonchev–Trinajstić information content (AvgIpc) is 3.12. The minimum Gasteiger partial charge on any atom is -0.483 e. The fraction of sp³-hybridized carbons (Fsp3) is 0.529. The Morgan fingerprint density at radius 2 is 1.91 bits per heavy atom. The van der Waals surface area contributed by atoms with Crippen molar-refractivity contribution in [2.75, 3.05) is 27.2 Å². The number of hydrogen-bond acceptors (Lipinski definition) is 4. The second kappa shape index (κ2) is 7.57. The van der Waals surface area contributed by atoms with Crippen LogP contribution in [0.15, 0.2) is 18.2 Å². The summed E-state index contributed by atoms with van der Waals surface area (Å²) >= 11 is 0. The number of likely N-dealkylation sites (N-methyl/N-ethyl adjacent to an activating group) is 1. The Kier molecular flexibility index (Phi) is 5.74. The van der Waals surface area contributed by atoms with Crippen LogP contribution in [0, 0.1) is 0 Å². The van der Waals surface area contributed by atoms with Gasteiger partial charge in [-0.2, -0.15) is 0 Å². The Bertz CT molecular complexity index is 574. The van der Waals surface area contributed by atoms with E-state index in [1.54, 1.807) is 4.90 Å². The quantitative estimate of drug-likeness (QED) is 0.781. The van der Waals surface area contributed by atoms with Crippen molar-refractivity contribution in [1.82, 2.24) is 9.80 Å². The molecule has 0 spiro atoms. The van der Waals surface area contributed by atoms with Crippen LogP contribution < -0.4 is 0 Å². The van der Waals surface area contributed by atoms with E-state index in [0.29, 0.717) is 13.1 Å². The number of carbonyl (C=O) groups excluding carboxylic acids is 1. The molecule has 1 aliphatic heterocycles. The summed E-state index contributed by atoms with van der Waals surface area (Å²) in [5.74, 6) is 0.0445.